The van der Waals surface area contributed by atoms with Gasteiger partial charge in [0.05, 0.1) is 19.1 Å². The summed E-state index contributed by atoms with van der Waals surface area (Å²) in [7, 11) is -3.43. The van der Waals surface area contributed by atoms with Crippen molar-refractivity contribution >= 4 is 10.1 Å². The van der Waals surface area contributed by atoms with Gasteiger partial charge in [0, 0.05) is 5.69 Å². The summed E-state index contributed by atoms with van der Waals surface area (Å²) in [6.45, 7) is 1.93. The van der Waals surface area contributed by atoms with E-state index in [1.165, 1.54) is 6.20 Å². The highest BCUT2D eigenvalue weighted by atomic mass is 32.2. The normalized spacial score (nSPS) is 19.4. The fourth-order valence-electron chi connectivity index (χ4n) is 2.15. The molecule has 1 aliphatic rings. The van der Waals surface area contributed by atoms with Crippen molar-refractivity contribution in [3.8, 4) is 0 Å². The van der Waals surface area contributed by atoms with Crippen LogP contribution in [0.5, 0.6) is 0 Å². The van der Waals surface area contributed by atoms with Crippen LogP contribution < -0.4 is 0 Å². The molecule has 1 aliphatic carbocycles. The number of hydrogen-bond donors (Lipinski definition) is 0. The van der Waals surface area contributed by atoms with Crippen LogP contribution in [0, 0.1) is 18.7 Å². The van der Waals surface area contributed by atoms with Crippen LogP contribution in [0.15, 0.2) is 6.20 Å². The van der Waals surface area contributed by atoms with Gasteiger partial charge in [0.25, 0.3) is 10.1 Å². The van der Waals surface area contributed by atoms with E-state index < -0.39 is 10.1 Å². The molecule has 0 saturated heterocycles. The molecule has 4 nitrogen and oxygen atoms in total. The van der Waals surface area contributed by atoms with E-state index in [1.54, 1.807) is 0 Å². The Kier molecular flexibility index (Phi) is 3.18. The predicted molar refractivity (Wildman–Crippen MR) is 60.6 cm³/mol. The minimum atomic E-state index is -3.43. The summed E-state index contributed by atoms with van der Waals surface area (Å²) >= 11 is 0. The van der Waals surface area contributed by atoms with Gasteiger partial charge in [-0.15, -0.1) is 0 Å². The third-order valence-electron chi connectivity index (χ3n) is 2.96. The standard InChI is InChI=1S/C11H14FNO3S/c1-7-9-3-8(6-16-17(2,14)15)4-10(9)11(12)5-13-7/h5,8H,3-4,6H2,1-2H3. The second-order valence-electron chi connectivity index (χ2n) is 4.41. The SMILES string of the molecule is Cc1ncc(F)c2c1CC(COS(C)(=O)=O)C2. The van der Waals surface area contributed by atoms with Gasteiger partial charge in [0.1, 0.15) is 5.82 Å². The summed E-state index contributed by atoms with van der Waals surface area (Å²) < 4.78 is 40.0. The number of hydrogen-bond acceptors (Lipinski definition) is 4. The molecule has 94 valence electrons. The summed E-state index contributed by atoms with van der Waals surface area (Å²) in [4.78, 5) is 3.96. The van der Waals surface area contributed by atoms with Crippen molar-refractivity contribution in [3.05, 3.63) is 28.8 Å². The molecule has 2 rings (SSSR count). The van der Waals surface area contributed by atoms with Gasteiger partial charge in [-0.25, -0.2) is 4.39 Å². The van der Waals surface area contributed by atoms with E-state index in [0.717, 1.165) is 17.5 Å². The number of halogens is 1. The van der Waals surface area contributed by atoms with Crippen molar-refractivity contribution in [2.24, 2.45) is 5.92 Å². The van der Waals surface area contributed by atoms with Crippen LogP contribution in [0.4, 0.5) is 4.39 Å². The summed E-state index contributed by atoms with van der Waals surface area (Å²) in [5.74, 6) is -0.301. The molecule has 0 aromatic carbocycles. The number of pyridine rings is 1. The Hall–Kier alpha value is -1.01. The Morgan fingerprint density at radius 2 is 2.12 bits per heavy atom. The summed E-state index contributed by atoms with van der Waals surface area (Å²) in [5.41, 5.74) is 2.36. The van der Waals surface area contributed by atoms with Crippen molar-refractivity contribution in [1.29, 1.82) is 0 Å². The van der Waals surface area contributed by atoms with Crippen molar-refractivity contribution in [3.63, 3.8) is 0 Å². The highest BCUT2D eigenvalue weighted by Crippen LogP contribution is 2.30. The summed E-state index contributed by atoms with van der Waals surface area (Å²) in [5, 5.41) is 0. The predicted octanol–water partition coefficient (Wildman–Crippen LogP) is 1.22. The molecule has 0 spiro atoms. The zero-order chi connectivity index (χ0) is 12.6. The third kappa shape index (κ3) is 2.81. The van der Waals surface area contributed by atoms with E-state index in [1.807, 2.05) is 6.92 Å². The maximum atomic E-state index is 13.5. The van der Waals surface area contributed by atoms with Crippen LogP contribution in [0.25, 0.3) is 0 Å². The molecule has 6 heteroatoms. The Balaban J connectivity index is 2.11. The number of aromatic nitrogens is 1. The molecule has 1 atom stereocenters. The van der Waals surface area contributed by atoms with Crippen molar-refractivity contribution in [2.45, 2.75) is 19.8 Å². The molecule has 1 aromatic rings. The van der Waals surface area contributed by atoms with Crippen molar-refractivity contribution < 1.29 is 17.0 Å². The summed E-state index contributed by atoms with van der Waals surface area (Å²) in [6.07, 6.45) is 3.37. The molecule has 0 bridgehead atoms. The fraction of sp³-hybridized carbons (Fsp3) is 0.545. The Bertz CT molecular complexity index is 511. The quantitative estimate of drug-likeness (QED) is 0.766. The molecule has 0 fully saturated rings. The van der Waals surface area contributed by atoms with E-state index in [2.05, 4.69) is 4.98 Å². The molecule has 1 heterocycles. The largest absolute Gasteiger partial charge is 0.270 e. The lowest BCUT2D eigenvalue weighted by Gasteiger charge is -2.07. The number of aryl methyl sites for hydroxylation is 1. The first-order chi connectivity index (χ1) is 7.87. The fourth-order valence-corrected chi connectivity index (χ4v) is 2.59. The third-order valence-corrected chi connectivity index (χ3v) is 3.53. The van der Waals surface area contributed by atoms with Crippen molar-refractivity contribution in [1.82, 2.24) is 4.98 Å². The average Bonchev–Trinajstić information content (AvgIpc) is 2.65. The lowest BCUT2D eigenvalue weighted by atomic mass is 10.1. The van der Waals surface area contributed by atoms with E-state index in [-0.39, 0.29) is 18.3 Å². The maximum Gasteiger partial charge on any atom is 0.264 e. The number of rotatable bonds is 3. The van der Waals surface area contributed by atoms with Crippen LogP contribution >= 0.6 is 0 Å². The second kappa shape index (κ2) is 4.34. The first-order valence-corrected chi connectivity index (χ1v) is 7.15. The average molecular weight is 259 g/mol. The second-order valence-corrected chi connectivity index (χ2v) is 6.06. The van der Waals surface area contributed by atoms with Gasteiger partial charge in [0.15, 0.2) is 0 Å². The molecule has 0 N–H and O–H groups in total. The zero-order valence-electron chi connectivity index (χ0n) is 9.73. The van der Waals surface area contributed by atoms with Gasteiger partial charge in [-0.1, -0.05) is 0 Å². The number of nitrogens with zero attached hydrogens (tertiary/aromatic N) is 1. The first-order valence-electron chi connectivity index (χ1n) is 5.34. The zero-order valence-corrected chi connectivity index (χ0v) is 10.6. The molecule has 0 amide bonds. The van der Waals surface area contributed by atoms with Crippen LogP contribution in [0.3, 0.4) is 0 Å². The highest BCUT2D eigenvalue weighted by Gasteiger charge is 2.27. The Morgan fingerprint density at radius 1 is 1.47 bits per heavy atom. The summed E-state index contributed by atoms with van der Waals surface area (Å²) in [6, 6.07) is 0. The van der Waals surface area contributed by atoms with Crippen LogP contribution in [0.1, 0.15) is 16.8 Å². The van der Waals surface area contributed by atoms with Gasteiger partial charge in [-0.3, -0.25) is 9.17 Å². The molecular weight excluding hydrogens is 245 g/mol. The lowest BCUT2D eigenvalue weighted by molar-refractivity contribution is 0.261. The van der Waals surface area contributed by atoms with Gasteiger partial charge < -0.3 is 0 Å². The molecule has 0 saturated carbocycles. The molecule has 1 aromatic heterocycles. The van der Waals surface area contributed by atoms with Crippen LogP contribution in [-0.2, 0) is 27.1 Å². The van der Waals surface area contributed by atoms with E-state index in [0.29, 0.717) is 18.4 Å². The molecule has 1 unspecified atom stereocenters. The minimum Gasteiger partial charge on any atom is -0.270 e. The van der Waals surface area contributed by atoms with E-state index in [9.17, 15) is 12.8 Å². The van der Waals surface area contributed by atoms with Crippen LogP contribution in [0.2, 0.25) is 0 Å². The smallest absolute Gasteiger partial charge is 0.264 e. The van der Waals surface area contributed by atoms with Gasteiger partial charge in [-0.2, -0.15) is 8.42 Å². The van der Waals surface area contributed by atoms with Crippen molar-refractivity contribution in [2.75, 3.05) is 12.9 Å². The topological polar surface area (TPSA) is 56.3 Å². The molecule has 0 aliphatic heterocycles. The number of fused-ring (bicyclic) bond motifs is 1. The van der Waals surface area contributed by atoms with E-state index in [4.69, 9.17) is 4.18 Å². The van der Waals surface area contributed by atoms with Crippen LogP contribution in [-0.4, -0.2) is 26.3 Å². The lowest BCUT2D eigenvalue weighted by Crippen LogP contribution is -2.13. The Labute approximate surface area is 99.9 Å². The van der Waals surface area contributed by atoms with Gasteiger partial charge in [-0.05, 0) is 36.8 Å². The monoisotopic (exact) mass is 259 g/mol. The minimum absolute atomic E-state index is 0.0112. The van der Waals surface area contributed by atoms with E-state index >= 15 is 0 Å². The molecular formula is C11H14FNO3S. The van der Waals surface area contributed by atoms with Gasteiger partial charge >= 0.3 is 0 Å². The molecule has 0 radical (unpaired) electrons. The highest BCUT2D eigenvalue weighted by molar-refractivity contribution is 7.85. The molecule has 17 heavy (non-hydrogen) atoms. The first kappa shape index (κ1) is 12.4. The van der Waals surface area contributed by atoms with Gasteiger partial charge in [0.2, 0.25) is 0 Å². The maximum absolute atomic E-state index is 13.5. The Morgan fingerprint density at radius 3 is 2.71 bits per heavy atom.